The monoisotopic (exact) mass is 279 g/mol. The SMILES string of the molecule is CN1C(=O)N(c2ccc(-c3ccccc3)cn2)CC12CC2. The summed E-state index contributed by atoms with van der Waals surface area (Å²) >= 11 is 0. The van der Waals surface area contributed by atoms with Gasteiger partial charge in [0.2, 0.25) is 0 Å². The third-order valence-corrected chi connectivity index (χ3v) is 4.64. The summed E-state index contributed by atoms with van der Waals surface area (Å²) in [7, 11) is 1.90. The number of likely N-dealkylation sites (N-methyl/N-ethyl adjacent to an activating group) is 1. The minimum absolute atomic E-state index is 0.0625. The second kappa shape index (κ2) is 4.32. The summed E-state index contributed by atoms with van der Waals surface area (Å²) in [6.07, 6.45) is 4.05. The van der Waals surface area contributed by atoms with E-state index in [1.807, 2.05) is 48.5 Å². The highest BCUT2D eigenvalue weighted by molar-refractivity contribution is 5.95. The van der Waals surface area contributed by atoms with Crippen LogP contribution in [0, 0.1) is 0 Å². The molecule has 2 fully saturated rings. The van der Waals surface area contributed by atoms with Crippen LogP contribution in [0.5, 0.6) is 0 Å². The van der Waals surface area contributed by atoms with E-state index >= 15 is 0 Å². The number of pyridine rings is 1. The molecule has 2 amide bonds. The van der Waals surface area contributed by atoms with E-state index in [1.165, 1.54) is 0 Å². The summed E-state index contributed by atoms with van der Waals surface area (Å²) < 4.78 is 0. The van der Waals surface area contributed by atoms with Gasteiger partial charge >= 0.3 is 6.03 Å². The van der Waals surface area contributed by atoms with E-state index in [0.717, 1.165) is 36.3 Å². The molecule has 1 aliphatic heterocycles. The Morgan fingerprint density at radius 3 is 2.38 bits per heavy atom. The minimum Gasteiger partial charge on any atom is -0.320 e. The summed E-state index contributed by atoms with van der Waals surface area (Å²) in [6.45, 7) is 0.764. The molecule has 21 heavy (non-hydrogen) atoms. The van der Waals surface area contributed by atoms with Gasteiger partial charge in [0.1, 0.15) is 5.82 Å². The molecular formula is C17H17N3O. The Labute approximate surface area is 124 Å². The lowest BCUT2D eigenvalue weighted by molar-refractivity contribution is 0.215. The van der Waals surface area contributed by atoms with Crippen LogP contribution in [0.1, 0.15) is 12.8 Å². The van der Waals surface area contributed by atoms with Gasteiger partial charge in [-0.2, -0.15) is 0 Å². The normalized spacial score (nSPS) is 19.4. The lowest BCUT2D eigenvalue weighted by Gasteiger charge is -2.15. The van der Waals surface area contributed by atoms with Crippen LogP contribution in [0.15, 0.2) is 48.7 Å². The van der Waals surface area contributed by atoms with Crippen molar-refractivity contribution >= 4 is 11.8 Å². The van der Waals surface area contributed by atoms with E-state index in [-0.39, 0.29) is 11.6 Å². The van der Waals surface area contributed by atoms with Crippen molar-refractivity contribution in [1.82, 2.24) is 9.88 Å². The van der Waals surface area contributed by atoms with Crippen molar-refractivity contribution in [2.75, 3.05) is 18.5 Å². The Kier molecular flexibility index (Phi) is 2.55. The van der Waals surface area contributed by atoms with Gasteiger partial charge in [-0.25, -0.2) is 9.78 Å². The molecule has 0 N–H and O–H groups in total. The van der Waals surface area contributed by atoms with E-state index in [0.29, 0.717) is 0 Å². The Morgan fingerprint density at radius 2 is 1.81 bits per heavy atom. The van der Waals surface area contributed by atoms with Crippen molar-refractivity contribution in [3.05, 3.63) is 48.7 Å². The maximum Gasteiger partial charge on any atom is 0.326 e. The quantitative estimate of drug-likeness (QED) is 0.846. The first-order chi connectivity index (χ1) is 10.2. The van der Waals surface area contributed by atoms with Crippen LogP contribution in [0.25, 0.3) is 11.1 Å². The zero-order valence-corrected chi connectivity index (χ0v) is 12.0. The van der Waals surface area contributed by atoms with Crippen LogP contribution in [0.2, 0.25) is 0 Å². The molecule has 106 valence electrons. The number of amides is 2. The molecule has 1 aromatic heterocycles. The first kappa shape index (κ1) is 12.4. The first-order valence-corrected chi connectivity index (χ1v) is 7.26. The van der Waals surface area contributed by atoms with Crippen LogP contribution in [-0.4, -0.2) is 35.0 Å². The number of aromatic nitrogens is 1. The molecule has 1 saturated heterocycles. The van der Waals surface area contributed by atoms with Crippen molar-refractivity contribution in [1.29, 1.82) is 0 Å². The van der Waals surface area contributed by atoms with Gasteiger partial charge in [0, 0.05) is 18.8 Å². The fraction of sp³-hybridized carbons (Fsp3) is 0.294. The smallest absolute Gasteiger partial charge is 0.320 e. The van der Waals surface area contributed by atoms with Crippen molar-refractivity contribution in [3.8, 4) is 11.1 Å². The average molecular weight is 279 g/mol. The number of benzene rings is 1. The molecular weight excluding hydrogens is 262 g/mol. The number of urea groups is 1. The number of nitrogens with zero attached hydrogens (tertiary/aromatic N) is 3. The van der Waals surface area contributed by atoms with E-state index < -0.39 is 0 Å². The molecule has 1 aromatic carbocycles. The molecule has 0 atom stereocenters. The molecule has 4 heteroatoms. The predicted molar refractivity (Wildman–Crippen MR) is 82.1 cm³/mol. The van der Waals surface area contributed by atoms with E-state index in [1.54, 1.807) is 4.90 Å². The molecule has 0 radical (unpaired) electrons. The second-order valence-electron chi connectivity index (χ2n) is 5.92. The molecule has 0 bridgehead atoms. The van der Waals surface area contributed by atoms with Gasteiger partial charge in [0.05, 0.1) is 12.1 Å². The van der Waals surface area contributed by atoms with Gasteiger partial charge in [-0.05, 0) is 30.5 Å². The van der Waals surface area contributed by atoms with Gasteiger partial charge in [-0.15, -0.1) is 0 Å². The summed E-state index contributed by atoms with van der Waals surface area (Å²) in [4.78, 5) is 20.5. The number of carbonyl (C=O) groups excluding carboxylic acids is 1. The summed E-state index contributed by atoms with van der Waals surface area (Å²) in [6, 6.07) is 14.2. The van der Waals surface area contributed by atoms with Gasteiger partial charge < -0.3 is 4.90 Å². The predicted octanol–water partition coefficient (Wildman–Crippen LogP) is 3.15. The number of hydrogen-bond donors (Lipinski definition) is 0. The average Bonchev–Trinajstić information content (AvgIpc) is 3.28. The maximum absolute atomic E-state index is 12.3. The van der Waals surface area contributed by atoms with Crippen LogP contribution in [-0.2, 0) is 0 Å². The zero-order valence-electron chi connectivity index (χ0n) is 12.0. The molecule has 4 rings (SSSR count). The number of rotatable bonds is 2. The molecule has 1 saturated carbocycles. The van der Waals surface area contributed by atoms with Crippen molar-refractivity contribution < 1.29 is 4.79 Å². The van der Waals surface area contributed by atoms with Gasteiger partial charge in [0.25, 0.3) is 0 Å². The van der Waals surface area contributed by atoms with Crippen molar-refractivity contribution in [2.24, 2.45) is 0 Å². The van der Waals surface area contributed by atoms with Crippen molar-refractivity contribution in [2.45, 2.75) is 18.4 Å². The van der Waals surface area contributed by atoms with Crippen LogP contribution < -0.4 is 4.90 Å². The second-order valence-corrected chi connectivity index (χ2v) is 5.92. The molecule has 1 aliphatic carbocycles. The highest BCUT2D eigenvalue weighted by Gasteiger charge is 2.56. The molecule has 2 aromatic rings. The van der Waals surface area contributed by atoms with E-state index in [9.17, 15) is 4.79 Å². The molecule has 2 heterocycles. The maximum atomic E-state index is 12.3. The Bertz CT molecular complexity index is 677. The fourth-order valence-electron chi connectivity index (χ4n) is 3.02. The number of anilines is 1. The third-order valence-electron chi connectivity index (χ3n) is 4.64. The topological polar surface area (TPSA) is 36.4 Å². The lowest BCUT2D eigenvalue weighted by Crippen LogP contribution is -2.32. The number of carbonyl (C=O) groups is 1. The fourth-order valence-corrected chi connectivity index (χ4v) is 3.02. The number of hydrogen-bond acceptors (Lipinski definition) is 2. The first-order valence-electron chi connectivity index (χ1n) is 7.26. The largest absolute Gasteiger partial charge is 0.326 e. The van der Waals surface area contributed by atoms with Crippen LogP contribution in [0.3, 0.4) is 0 Å². The molecule has 4 nitrogen and oxygen atoms in total. The van der Waals surface area contributed by atoms with Gasteiger partial charge in [-0.3, -0.25) is 4.90 Å². The van der Waals surface area contributed by atoms with Gasteiger partial charge in [-0.1, -0.05) is 30.3 Å². The highest BCUT2D eigenvalue weighted by atomic mass is 16.2. The minimum atomic E-state index is 0.0625. The van der Waals surface area contributed by atoms with Crippen molar-refractivity contribution in [3.63, 3.8) is 0 Å². The Balaban J connectivity index is 1.61. The third kappa shape index (κ3) is 1.90. The molecule has 0 unspecified atom stereocenters. The lowest BCUT2D eigenvalue weighted by atomic mass is 10.1. The van der Waals surface area contributed by atoms with Gasteiger partial charge in [0.15, 0.2) is 0 Å². The van der Waals surface area contributed by atoms with Crippen LogP contribution >= 0.6 is 0 Å². The molecule has 1 spiro atoms. The summed E-state index contributed by atoms with van der Waals surface area (Å²) in [5, 5.41) is 0. The summed E-state index contributed by atoms with van der Waals surface area (Å²) in [5.74, 6) is 0.746. The zero-order chi connectivity index (χ0) is 14.4. The van der Waals surface area contributed by atoms with E-state index in [4.69, 9.17) is 0 Å². The van der Waals surface area contributed by atoms with Crippen LogP contribution in [0.4, 0.5) is 10.6 Å². The Hall–Kier alpha value is -2.36. The Morgan fingerprint density at radius 1 is 1.05 bits per heavy atom. The van der Waals surface area contributed by atoms with E-state index in [2.05, 4.69) is 17.1 Å². The highest BCUT2D eigenvalue weighted by Crippen LogP contribution is 2.46. The standard InChI is InChI=1S/C17H17N3O/c1-19-16(21)20(12-17(19)9-10-17)15-8-7-14(11-18-15)13-5-3-2-4-6-13/h2-8,11H,9-10,12H2,1H3. The molecule has 2 aliphatic rings. The summed E-state index contributed by atoms with van der Waals surface area (Å²) in [5.41, 5.74) is 2.29.